The molecule has 0 unspecified atom stereocenters. The van der Waals surface area contributed by atoms with E-state index in [1.807, 2.05) is 0 Å². The first kappa shape index (κ1) is 12.9. The van der Waals surface area contributed by atoms with Gasteiger partial charge in [0.1, 0.15) is 5.60 Å². The van der Waals surface area contributed by atoms with Crippen molar-refractivity contribution >= 4 is 29.1 Å². The molecule has 0 aromatic heterocycles. The first-order valence-electron chi connectivity index (χ1n) is 3.86. The Kier molecular flexibility index (Phi) is 4.56. The highest BCUT2D eigenvalue weighted by atomic mass is 35.5. The summed E-state index contributed by atoms with van der Waals surface area (Å²) in [6.07, 6.45) is 0. The van der Waals surface area contributed by atoms with Crippen LogP contribution in [0.4, 0.5) is 0 Å². The van der Waals surface area contributed by atoms with E-state index in [0.717, 1.165) is 0 Å². The van der Waals surface area contributed by atoms with Crippen LogP contribution in [0.2, 0.25) is 0 Å². The maximum Gasteiger partial charge on any atom is 0.364 e. The van der Waals surface area contributed by atoms with Crippen molar-refractivity contribution in [1.29, 1.82) is 0 Å². The van der Waals surface area contributed by atoms with Crippen LogP contribution in [0.1, 0.15) is 20.8 Å². The summed E-state index contributed by atoms with van der Waals surface area (Å²) in [6.45, 7) is 4.89. The number of alkyl halides is 1. The van der Waals surface area contributed by atoms with Crippen LogP contribution in [0.25, 0.3) is 0 Å². The number of Topliss-reactive ketones (excluding diaryl/α,β-unsaturated/α-hetero) is 1. The number of hydrogen-bond donors (Lipinski definition) is 1. The number of hydrogen-bond acceptors (Lipinski definition) is 5. The first-order valence-corrected chi connectivity index (χ1v) is 4.40. The fourth-order valence-electron chi connectivity index (χ4n) is 0.600. The molecular weight excluding hydrogens is 210 g/mol. The number of rotatable bonds is 3. The van der Waals surface area contributed by atoms with E-state index in [-0.39, 0.29) is 0 Å². The fourth-order valence-corrected chi connectivity index (χ4v) is 0.727. The molecule has 0 aromatic rings. The van der Waals surface area contributed by atoms with E-state index in [0.29, 0.717) is 0 Å². The van der Waals surface area contributed by atoms with Crippen molar-refractivity contribution in [2.75, 3.05) is 5.88 Å². The molecular formula is C8H12ClNO4. The van der Waals surface area contributed by atoms with Crippen LogP contribution in [0.15, 0.2) is 5.16 Å². The Morgan fingerprint density at radius 1 is 1.43 bits per heavy atom. The Balaban J connectivity index is 4.59. The fraction of sp³-hybridized carbons (Fsp3) is 0.625. The van der Waals surface area contributed by atoms with Crippen LogP contribution in [0, 0.1) is 0 Å². The van der Waals surface area contributed by atoms with Gasteiger partial charge in [0.15, 0.2) is 0 Å². The van der Waals surface area contributed by atoms with Gasteiger partial charge in [-0.15, -0.1) is 11.6 Å². The normalized spacial score (nSPS) is 12.4. The Morgan fingerprint density at radius 3 is 2.21 bits per heavy atom. The Hall–Kier alpha value is -1.10. The third kappa shape index (κ3) is 4.23. The second-order valence-electron chi connectivity index (χ2n) is 3.51. The van der Waals surface area contributed by atoms with Crippen LogP contribution in [0.3, 0.4) is 0 Å². The lowest BCUT2D eigenvalue weighted by Crippen LogP contribution is -2.33. The lowest BCUT2D eigenvalue weighted by Gasteiger charge is -2.18. The Bertz CT molecular complexity index is 267. The molecule has 0 bridgehead atoms. The van der Waals surface area contributed by atoms with Gasteiger partial charge >= 0.3 is 5.97 Å². The topological polar surface area (TPSA) is 76.0 Å². The molecule has 0 fully saturated rings. The largest absolute Gasteiger partial charge is 0.455 e. The Morgan fingerprint density at radius 2 is 1.93 bits per heavy atom. The number of nitrogens with zero attached hydrogens (tertiary/aromatic N) is 1. The van der Waals surface area contributed by atoms with Gasteiger partial charge in [0.05, 0.1) is 5.88 Å². The molecule has 0 atom stereocenters. The molecule has 0 aromatic carbocycles. The quantitative estimate of drug-likeness (QED) is 0.192. The highest BCUT2D eigenvalue weighted by molar-refractivity contribution is 6.67. The summed E-state index contributed by atoms with van der Waals surface area (Å²) in [7, 11) is 0. The summed E-state index contributed by atoms with van der Waals surface area (Å²) in [5.41, 5.74) is -1.44. The minimum Gasteiger partial charge on any atom is -0.455 e. The van der Waals surface area contributed by atoms with Crippen LogP contribution in [0.5, 0.6) is 0 Å². The van der Waals surface area contributed by atoms with E-state index in [4.69, 9.17) is 21.5 Å². The summed E-state index contributed by atoms with van der Waals surface area (Å²) in [4.78, 5) is 22.1. The van der Waals surface area contributed by atoms with Gasteiger partial charge in [-0.05, 0) is 20.8 Å². The highest BCUT2D eigenvalue weighted by Crippen LogP contribution is 2.07. The lowest BCUT2D eigenvalue weighted by molar-refractivity contribution is -0.146. The third-order valence-electron chi connectivity index (χ3n) is 1.08. The van der Waals surface area contributed by atoms with Gasteiger partial charge in [-0.25, -0.2) is 4.79 Å². The summed E-state index contributed by atoms with van der Waals surface area (Å²) >= 11 is 5.19. The van der Waals surface area contributed by atoms with E-state index < -0.39 is 28.9 Å². The van der Waals surface area contributed by atoms with E-state index in [1.54, 1.807) is 20.8 Å². The second-order valence-corrected chi connectivity index (χ2v) is 3.77. The van der Waals surface area contributed by atoms with Crippen molar-refractivity contribution in [3.8, 4) is 0 Å². The smallest absolute Gasteiger partial charge is 0.364 e. The molecule has 0 saturated carbocycles. The average molecular weight is 222 g/mol. The van der Waals surface area contributed by atoms with Gasteiger partial charge in [0.25, 0.3) is 0 Å². The van der Waals surface area contributed by atoms with Gasteiger partial charge < -0.3 is 9.94 Å². The SMILES string of the molecule is CC(C)(C)OC(=O)/C(=N\O)C(=O)CCl. The van der Waals surface area contributed by atoms with Crippen molar-refractivity contribution in [2.24, 2.45) is 5.16 Å². The van der Waals surface area contributed by atoms with Gasteiger partial charge in [-0.3, -0.25) is 4.79 Å². The lowest BCUT2D eigenvalue weighted by atomic mass is 10.2. The summed E-state index contributed by atoms with van der Waals surface area (Å²) < 4.78 is 4.80. The van der Waals surface area contributed by atoms with Gasteiger partial charge in [-0.2, -0.15) is 0 Å². The zero-order valence-electron chi connectivity index (χ0n) is 8.20. The van der Waals surface area contributed by atoms with Crippen LogP contribution in [-0.4, -0.2) is 34.2 Å². The number of esters is 1. The molecule has 0 aliphatic carbocycles. The molecule has 0 rings (SSSR count). The molecule has 14 heavy (non-hydrogen) atoms. The predicted octanol–water partition coefficient (Wildman–Crippen LogP) is 0.966. The van der Waals surface area contributed by atoms with E-state index >= 15 is 0 Å². The number of oxime groups is 1. The standard InChI is InChI=1S/C8H12ClNO4/c1-8(2,3)14-7(12)6(10-13)5(11)4-9/h13H,4H2,1-3H3/b10-6-. The zero-order chi connectivity index (χ0) is 11.4. The number of carbonyl (C=O) groups is 2. The van der Waals surface area contributed by atoms with Crippen LogP contribution >= 0.6 is 11.6 Å². The summed E-state index contributed by atoms with van der Waals surface area (Å²) in [5.74, 6) is -2.19. The number of ketones is 1. The molecule has 6 heteroatoms. The van der Waals surface area contributed by atoms with Gasteiger partial charge in [0.2, 0.25) is 11.5 Å². The van der Waals surface area contributed by atoms with Crippen LogP contribution < -0.4 is 0 Å². The van der Waals surface area contributed by atoms with E-state index in [9.17, 15) is 9.59 Å². The van der Waals surface area contributed by atoms with E-state index in [1.165, 1.54) is 0 Å². The van der Waals surface area contributed by atoms with Gasteiger partial charge in [0, 0.05) is 0 Å². The highest BCUT2D eigenvalue weighted by Gasteiger charge is 2.26. The number of halogens is 1. The predicted molar refractivity (Wildman–Crippen MR) is 50.8 cm³/mol. The maximum atomic E-state index is 11.2. The van der Waals surface area contributed by atoms with Crippen molar-refractivity contribution in [3.63, 3.8) is 0 Å². The van der Waals surface area contributed by atoms with Gasteiger partial charge in [-0.1, -0.05) is 5.16 Å². The molecule has 0 aliphatic heterocycles. The second kappa shape index (κ2) is 4.95. The average Bonchev–Trinajstić information content (AvgIpc) is 2.01. The van der Waals surface area contributed by atoms with Crippen molar-refractivity contribution in [1.82, 2.24) is 0 Å². The molecule has 0 saturated heterocycles. The van der Waals surface area contributed by atoms with Crippen molar-refractivity contribution in [3.05, 3.63) is 0 Å². The molecule has 0 amide bonds. The molecule has 0 heterocycles. The molecule has 0 radical (unpaired) electrons. The molecule has 1 N–H and O–H groups in total. The van der Waals surface area contributed by atoms with Crippen molar-refractivity contribution < 1.29 is 19.5 Å². The third-order valence-corrected chi connectivity index (χ3v) is 1.32. The Labute approximate surface area is 86.7 Å². The minimum absolute atomic E-state index is 0.432. The van der Waals surface area contributed by atoms with Crippen molar-refractivity contribution in [2.45, 2.75) is 26.4 Å². The van der Waals surface area contributed by atoms with Crippen LogP contribution in [-0.2, 0) is 14.3 Å². The molecule has 0 aliphatic rings. The summed E-state index contributed by atoms with van der Waals surface area (Å²) in [6, 6.07) is 0. The number of ether oxygens (including phenoxy) is 1. The number of carbonyl (C=O) groups excluding carboxylic acids is 2. The van der Waals surface area contributed by atoms with E-state index in [2.05, 4.69) is 5.16 Å². The maximum absolute atomic E-state index is 11.2. The monoisotopic (exact) mass is 221 g/mol. The summed E-state index contributed by atoms with van der Waals surface area (Å²) in [5, 5.41) is 11.0. The molecule has 0 spiro atoms. The first-order chi connectivity index (χ1) is 6.31. The molecule has 5 nitrogen and oxygen atoms in total. The minimum atomic E-state index is -0.981. The molecule has 80 valence electrons. The zero-order valence-corrected chi connectivity index (χ0v) is 8.96.